The van der Waals surface area contributed by atoms with E-state index in [1.807, 2.05) is 0 Å². The number of nitrogens with one attached hydrogen (secondary N) is 1. The van der Waals surface area contributed by atoms with E-state index in [2.05, 4.69) is 15.4 Å². The lowest BCUT2D eigenvalue weighted by Gasteiger charge is -2.26. The van der Waals surface area contributed by atoms with Crippen LogP contribution >= 0.6 is 0 Å². The van der Waals surface area contributed by atoms with Crippen molar-refractivity contribution in [3.63, 3.8) is 0 Å². The van der Waals surface area contributed by atoms with E-state index < -0.39 is 5.60 Å². The second-order valence-corrected chi connectivity index (χ2v) is 4.28. The van der Waals surface area contributed by atoms with Gasteiger partial charge in [0.1, 0.15) is 11.6 Å². The second kappa shape index (κ2) is 4.50. The minimum Gasteiger partial charge on any atom is -0.389 e. The molecular formula is C9H18N6O. The van der Waals surface area contributed by atoms with Crippen molar-refractivity contribution in [1.82, 2.24) is 9.97 Å². The molecule has 0 saturated heterocycles. The van der Waals surface area contributed by atoms with E-state index in [4.69, 9.17) is 11.6 Å². The van der Waals surface area contributed by atoms with E-state index in [0.717, 1.165) is 0 Å². The Hall–Kier alpha value is -1.60. The van der Waals surface area contributed by atoms with Gasteiger partial charge >= 0.3 is 0 Å². The highest BCUT2D eigenvalue weighted by Gasteiger charge is 2.17. The summed E-state index contributed by atoms with van der Waals surface area (Å²) in [4.78, 5) is 9.70. The predicted molar refractivity (Wildman–Crippen MR) is 63.8 cm³/mol. The SMILES string of the molecule is CN(CC(C)(C)O)c1cc(NN)nc(N)n1. The average Bonchev–Trinajstić information content (AvgIpc) is 2.14. The van der Waals surface area contributed by atoms with Gasteiger partial charge in [-0.3, -0.25) is 0 Å². The van der Waals surface area contributed by atoms with Crippen LogP contribution in [0.1, 0.15) is 13.8 Å². The van der Waals surface area contributed by atoms with Crippen LogP contribution in [-0.2, 0) is 0 Å². The fourth-order valence-electron chi connectivity index (χ4n) is 1.38. The fourth-order valence-corrected chi connectivity index (χ4v) is 1.38. The van der Waals surface area contributed by atoms with Crippen molar-refractivity contribution >= 4 is 17.6 Å². The Morgan fingerprint density at radius 3 is 2.62 bits per heavy atom. The molecule has 0 aliphatic carbocycles. The van der Waals surface area contributed by atoms with Crippen molar-refractivity contribution in [2.75, 3.05) is 29.7 Å². The maximum atomic E-state index is 9.69. The first kappa shape index (κ1) is 12.5. The third-order valence-corrected chi connectivity index (χ3v) is 1.89. The summed E-state index contributed by atoms with van der Waals surface area (Å²) in [6, 6.07) is 1.65. The Bertz CT molecular complexity index is 362. The van der Waals surface area contributed by atoms with Gasteiger partial charge in [-0.2, -0.15) is 9.97 Å². The summed E-state index contributed by atoms with van der Waals surface area (Å²) in [5.41, 5.74) is 7.12. The molecule has 90 valence electrons. The van der Waals surface area contributed by atoms with Gasteiger partial charge in [-0.05, 0) is 13.8 Å². The van der Waals surface area contributed by atoms with Gasteiger partial charge in [-0.15, -0.1) is 0 Å². The lowest BCUT2D eigenvalue weighted by atomic mass is 10.1. The zero-order valence-corrected chi connectivity index (χ0v) is 9.73. The Morgan fingerprint density at radius 2 is 2.12 bits per heavy atom. The molecule has 16 heavy (non-hydrogen) atoms. The number of aliphatic hydroxyl groups is 1. The summed E-state index contributed by atoms with van der Waals surface area (Å²) < 4.78 is 0. The number of nitrogens with zero attached hydrogens (tertiary/aromatic N) is 3. The van der Waals surface area contributed by atoms with E-state index in [-0.39, 0.29) is 5.95 Å². The van der Waals surface area contributed by atoms with E-state index in [1.165, 1.54) is 0 Å². The quantitative estimate of drug-likeness (QED) is 0.406. The molecule has 1 heterocycles. The summed E-state index contributed by atoms with van der Waals surface area (Å²) >= 11 is 0. The standard InChI is InChI=1S/C9H18N6O/c1-9(2,16)5-15(3)7-4-6(14-11)12-8(10)13-7/h4,16H,5,11H2,1-3H3,(H3,10,12,13,14). The zero-order chi connectivity index (χ0) is 12.3. The first-order valence-corrected chi connectivity index (χ1v) is 4.86. The summed E-state index contributed by atoms with van der Waals surface area (Å²) in [5.74, 6) is 6.42. The first-order valence-electron chi connectivity index (χ1n) is 4.86. The van der Waals surface area contributed by atoms with Crippen LogP contribution in [0.5, 0.6) is 0 Å². The Labute approximate surface area is 94.4 Å². The topological polar surface area (TPSA) is 113 Å². The van der Waals surface area contributed by atoms with E-state index in [9.17, 15) is 5.11 Å². The maximum Gasteiger partial charge on any atom is 0.223 e. The molecule has 0 bridgehead atoms. The number of rotatable bonds is 4. The lowest BCUT2D eigenvalue weighted by molar-refractivity contribution is 0.0884. The van der Waals surface area contributed by atoms with Gasteiger partial charge in [0.2, 0.25) is 5.95 Å². The van der Waals surface area contributed by atoms with Crippen LogP contribution in [0.4, 0.5) is 17.6 Å². The molecule has 6 N–H and O–H groups in total. The highest BCUT2D eigenvalue weighted by atomic mass is 16.3. The lowest BCUT2D eigenvalue weighted by Crippen LogP contribution is -2.36. The molecule has 0 spiro atoms. The molecule has 0 unspecified atom stereocenters. The van der Waals surface area contributed by atoms with Crippen molar-refractivity contribution in [1.29, 1.82) is 0 Å². The molecular weight excluding hydrogens is 208 g/mol. The van der Waals surface area contributed by atoms with Crippen LogP contribution in [0.3, 0.4) is 0 Å². The number of hydrogen-bond donors (Lipinski definition) is 4. The molecule has 7 heteroatoms. The average molecular weight is 226 g/mol. The summed E-state index contributed by atoms with van der Waals surface area (Å²) in [5, 5.41) is 9.69. The highest BCUT2D eigenvalue weighted by molar-refractivity contribution is 5.51. The number of likely N-dealkylation sites (N-methyl/N-ethyl adjacent to an activating group) is 1. The van der Waals surface area contributed by atoms with Gasteiger partial charge in [0.25, 0.3) is 0 Å². The van der Waals surface area contributed by atoms with Crippen LogP contribution in [0.2, 0.25) is 0 Å². The number of hydrogen-bond acceptors (Lipinski definition) is 7. The van der Waals surface area contributed by atoms with E-state index >= 15 is 0 Å². The van der Waals surface area contributed by atoms with Crippen molar-refractivity contribution in [2.45, 2.75) is 19.4 Å². The van der Waals surface area contributed by atoms with Gasteiger partial charge in [0.05, 0.1) is 5.60 Å². The molecule has 0 fully saturated rings. The van der Waals surface area contributed by atoms with Crippen molar-refractivity contribution in [3.05, 3.63) is 6.07 Å². The largest absolute Gasteiger partial charge is 0.389 e. The van der Waals surface area contributed by atoms with Crippen LogP contribution in [0, 0.1) is 0 Å². The van der Waals surface area contributed by atoms with Crippen LogP contribution in [0.15, 0.2) is 6.07 Å². The highest BCUT2D eigenvalue weighted by Crippen LogP contribution is 2.17. The summed E-state index contributed by atoms with van der Waals surface area (Å²) in [6.45, 7) is 3.86. The number of nitrogen functional groups attached to an aromatic ring is 2. The molecule has 1 aromatic heterocycles. The fraction of sp³-hybridized carbons (Fsp3) is 0.556. The number of nitrogens with two attached hydrogens (primary N) is 2. The van der Waals surface area contributed by atoms with Crippen molar-refractivity contribution < 1.29 is 5.11 Å². The van der Waals surface area contributed by atoms with Crippen LogP contribution < -0.4 is 21.9 Å². The van der Waals surface area contributed by atoms with Gasteiger partial charge in [-0.1, -0.05) is 0 Å². The monoisotopic (exact) mass is 226 g/mol. The van der Waals surface area contributed by atoms with E-state index in [1.54, 1.807) is 31.9 Å². The van der Waals surface area contributed by atoms with Crippen molar-refractivity contribution in [3.8, 4) is 0 Å². The minimum absolute atomic E-state index is 0.132. The van der Waals surface area contributed by atoms with Gasteiger partial charge in [0.15, 0.2) is 0 Å². The van der Waals surface area contributed by atoms with Gasteiger partial charge in [0, 0.05) is 19.7 Å². The molecule has 0 aliphatic rings. The molecule has 0 aromatic carbocycles. The Kier molecular flexibility index (Phi) is 3.51. The normalized spacial score (nSPS) is 11.3. The van der Waals surface area contributed by atoms with Crippen LogP contribution in [-0.4, -0.2) is 34.3 Å². The number of anilines is 3. The Balaban J connectivity index is 2.90. The maximum absolute atomic E-state index is 9.69. The van der Waals surface area contributed by atoms with Gasteiger partial charge in [-0.25, -0.2) is 5.84 Å². The second-order valence-electron chi connectivity index (χ2n) is 4.28. The molecule has 0 radical (unpaired) electrons. The molecule has 1 aromatic rings. The van der Waals surface area contributed by atoms with Crippen molar-refractivity contribution in [2.24, 2.45) is 5.84 Å². The zero-order valence-electron chi connectivity index (χ0n) is 9.73. The third kappa shape index (κ3) is 3.52. The smallest absolute Gasteiger partial charge is 0.223 e. The molecule has 7 nitrogen and oxygen atoms in total. The molecule has 0 saturated carbocycles. The minimum atomic E-state index is -0.815. The Morgan fingerprint density at radius 1 is 1.50 bits per heavy atom. The number of hydrazine groups is 1. The van der Waals surface area contributed by atoms with Gasteiger partial charge < -0.3 is 21.2 Å². The molecule has 0 amide bonds. The molecule has 1 rings (SSSR count). The first-order chi connectivity index (χ1) is 7.31. The number of aromatic nitrogens is 2. The third-order valence-electron chi connectivity index (χ3n) is 1.89. The summed E-state index contributed by atoms with van der Waals surface area (Å²) in [6.07, 6.45) is 0. The van der Waals surface area contributed by atoms with Crippen LogP contribution in [0.25, 0.3) is 0 Å². The molecule has 0 aliphatic heterocycles. The predicted octanol–water partition coefficient (Wildman–Crippen LogP) is -0.448. The van der Waals surface area contributed by atoms with E-state index in [0.29, 0.717) is 18.2 Å². The molecule has 0 atom stereocenters. The summed E-state index contributed by atoms with van der Waals surface area (Å²) in [7, 11) is 1.81.